The third-order valence-corrected chi connectivity index (χ3v) is 3.29. The van der Waals surface area contributed by atoms with Crippen molar-refractivity contribution < 1.29 is 4.79 Å². The molecule has 0 spiro atoms. The van der Waals surface area contributed by atoms with E-state index >= 15 is 0 Å². The average molecular weight is 367 g/mol. The minimum Gasteiger partial charge on any atom is -0.376 e. The maximum atomic E-state index is 11.6. The van der Waals surface area contributed by atoms with Gasteiger partial charge in [0.05, 0.1) is 12.8 Å². The highest BCUT2D eigenvalue weighted by Crippen LogP contribution is 2.12. The summed E-state index contributed by atoms with van der Waals surface area (Å²) >= 11 is 9.15. The van der Waals surface area contributed by atoms with E-state index in [0.717, 1.165) is 15.7 Å². The zero-order valence-corrected chi connectivity index (χ0v) is 13.4. The van der Waals surface area contributed by atoms with E-state index in [4.69, 9.17) is 11.6 Å². The minimum absolute atomic E-state index is 0.136. The number of nitrogens with one attached hydrogen (secondary N) is 2. The molecule has 6 heteroatoms. The predicted octanol–water partition coefficient (Wildman–Crippen LogP) is 3.66. The zero-order valence-electron chi connectivity index (χ0n) is 11.0. The lowest BCUT2D eigenvalue weighted by atomic mass is 10.2. The van der Waals surface area contributed by atoms with E-state index in [0.29, 0.717) is 5.02 Å². The van der Waals surface area contributed by atoms with Crippen LogP contribution >= 0.6 is 27.5 Å². The predicted molar refractivity (Wildman–Crippen MR) is 89.8 cm³/mol. The standard InChI is InChI=1S/C15H13BrClN3O/c16-12-3-1-2-11(8-12)9-19-20-15(21)10-18-14-6-4-13(17)5-7-14/h1-9,18H,10H2,(H,20,21)/b19-9-. The number of hydrogen-bond acceptors (Lipinski definition) is 3. The molecule has 0 heterocycles. The van der Waals surface area contributed by atoms with Crippen molar-refractivity contribution in [1.29, 1.82) is 0 Å². The van der Waals surface area contributed by atoms with Gasteiger partial charge in [-0.15, -0.1) is 0 Å². The smallest absolute Gasteiger partial charge is 0.259 e. The second kappa shape index (κ2) is 7.81. The van der Waals surface area contributed by atoms with Gasteiger partial charge < -0.3 is 5.32 Å². The number of anilines is 1. The topological polar surface area (TPSA) is 53.5 Å². The molecule has 0 aliphatic rings. The van der Waals surface area contributed by atoms with Gasteiger partial charge in [0.25, 0.3) is 5.91 Å². The molecule has 1 amide bonds. The number of carbonyl (C=O) groups is 1. The van der Waals surface area contributed by atoms with Crippen LogP contribution in [0.2, 0.25) is 5.02 Å². The normalized spacial score (nSPS) is 10.6. The molecule has 2 aromatic rings. The van der Waals surface area contributed by atoms with Gasteiger partial charge >= 0.3 is 0 Å². The van der Waals surface area contributed by atoms with E-state index in [1.54, 1.807) is 30.5 Å². The third-order valence-electron chi connectivity index (χ3n) is 2.55. The van der Waals surface area contributed by atoms with Gasteiger partial charge in [0.15, 0.2) is 0 Å². The second-order valence-electron chi connectivity index (χ2n) is 4.21. The van der Waals surface area contributed by atoms with Crippen LogP contribution in [0.15, 0.2) is 58.1 Å². The van der Waals surface area contributed by atoms with Crippen LogP contribution in [0, 0.1) is 0 Å². The van der Waals surface area contributed by atoms with Gasteiger partial charge in [-0.05, 0) is 42.0 Å². The van der Waals surface area contributed by atoms with Crippen LogP contribution < -0.4 is 10.7 Å². The lowest BCUT2D eigenvalue weighted by molar-refractivity contribution is -0.119. The van der Waals surface area contributed by atoms with Crippen molar-refractivity contribution >= 4 is 45.3 Å². The summed E-state index contributed by atoms with van der Waals surface area (Å²) in [5, 5.41) is 7.54. The fourth-order valence-electron chi connectivity index (χ4n) is 1.56. The van der Waals surface area contributed by atoms with Crippen LogP contribution in [0.25, 0.3) is 0 Å². The van der Waals surface area contributed by atoms with Crippen LogP contribution in [0.5, 0.6) is 0 Å². The van der Waals surface area contributed by atoms with Gasteiger partial charge in [-0.25, -0.2) is 5.43 Å². The fourth-order valence-corrected chi connectivity index (χ4v) is 2.10. The first kappa shape index (κ1) is 15.5. The summed E-state index contributed by atoms with van der Waals surface area (Å²) in [7, 11) is 0. The first-order chi connectivity index (χ1) is 10.1. The van der Waals surface area contributed by atoms with Crippen molar-refractivity contribution in [2.24, 2.45) is 5.10 Å². The number of rotatable bonds is 5. The molecule has 0 saturated carbocycles. The molecule has 2 aromatic carbocycles. The Kier molecular flexibility index (Phi) is 5.78. The van der Waals surface area contributed by atoms with E-state index in [-0.39, 0.29) is 12.5 Å². The molecule has 0 unspecified atom stereocenters. The lowest BCUT2D eigenvalue weighted by Gasteiger charge is -2.05. The summed E-state index contributed by atoms with van der Waals surface area (Å²) in [5.41, 5.74) is 4.18. The molecule has 21 heavy (non-hydrogen) atoms. The van der Waals surface area contributed by atoms with E-state index in [9.17, 15) is 4.79 Å². The van der Waals surface area contributed by atoms with E-state index in [1.807, 2.05) is 24.3 Å². The summed E-state index contributed by atoms with van der Waals surface area (Å²) in [6, 6.07) is 14.7. The highest BCUT2D eigenvalue weighted by atomic mass is 79.9. The molecular formula is C15H13BrClN3O. The molecule has 108 valence electrons. The van der Waals surface area contributed by atoms with Crippen LogP contribution in [-0.4, -0.2) is 18.7 Å². The van der Waals surface area contributed by atoms with Crippen molar-refractivity contribution in [3.8, 4) is 0 Å². The van der Waals surface area contributed by atoms with Crippen molar-refractivity contribution in [2.45, 2.75) is 0 Å². The number of amides is 1. The Morgan fingerprint density at radius 1 is 1.24 bits per heavy atom. The van der Waals surface area contributed by atoms with Gasteiger partial charge in [0.1, 0.15) is 0 Å². The monoisotopic (exact) mass is 365 g/mol. The van der Waals surface area contributed by atoms with Crippen molar-refractivity contribution in [3.05, 3.63) is 63.6 Å². The molecule has 2 rings (SSSR count). The molecule has 0 radical (unpaired) electrons. The average Bonchev–Trinajstić information content (AvgIpc) is 2.47. The van der Waals surface area contributed by atoms with Gasteiger partial charge in [0, 0.05) is 15.2 Å². The van der Waals surface area contributed by atoms with Crippen molar-refractivity contribution in [3.63, 3.8) is 0 Å². The maximum Gasteiger partial charge on any atom is 0.259 e. The minimum atomic E-state index is -0.226. The Morgan fingerprint density at radius 2 is 2.00 bits per heavy atom. The van der Waals surface area contributed by atoms with Gasteiger partial charge in [0.2, 0.25) is 0 Å². The zero-order chi connectivity index (χ0) is 15.1. The molecule has 4 nitrogen and oxygen atoms in total. The molecule has 0 aliphatic heterocycles. The first-order valence-electron chi connectivity index (χ1n) is 6.20. The molecule has 2 N–H and O–H groups in total. The molecule has 0 atom stereocenters. The van der Waals surface area contributed by atoms with Crippen LogP contribution in [0.1, 0.15) is 5.56 Å². The number of benzene rings is 2. The summed E-state index contributed by atoms with van der Waals surface area (Å²) in [6.07, 6.45) is 1.59. The number of nitrogens with zero attached hydrogens (tertiary/aromatic N) is 1. The highest BCUT2D eigenvalue weighted by Gasteiger charge is 1.99. The lowest BCUT2D eigenvalue weighted by Crippen LogP contribution is -2.25. The van der Waals surface area contributed by atoms with Crippen LogP contribution in [0.4, 0.5) is 5.69 Å². The highest BCUT2D eigenvalue weighted by molar-refractivity contribution is 9.10. The Morgan fingerprint density at radius 3 is 2.71 bits per heavy atom. The van der Waals surface area contributed by atoms with Crippen LogP contribution in [-0.2, 0) is 4.79 Å². The number of hydrogen-bond donors (Lipinski definition) is 2. The summed E-state index contributed by atoms with van der Waals surface area (Å²) in [4.78, 5) is 11.6. The third kappa shape index (κ3) is 5.57. The van der Waals surface area contributed by atoms with E-state index in [1.165, 1.54) is 0 Å². The molecular weight excluding hydrogens is 354 g/mol. The fraction of sp³-hybridized carbons (Fsp3) is 0.0667. The summed E-state index contributed by atoms with van der Waals surface area (Å²) in [6.45, 7) is 0.136. The first-order valence-corrected chi connectivity index (χ1v) is 7.37. The number of hydrazone groups is 1. The molecule has 0 aromatic heterocycles. The van der Waals surface area contributed by atoms with E-state index < -0.39 is 0 Å². The second-order valence-corrected chi connectivity index (χ2v) is 5.56. The maximum absolute atomic E-state index is 11.6. The Bertz CT molecular complexity index is 644. The Hall–Kier alpha value is -1.85. The largest absolute Gasteiger partial charge is 0.376 e. The number of halogens is 2. The van der Waals surface area contributed by atoms with Gasteiger partial charge in [-0.2, -0.15) is 5.10 Å². The van der Waals surface area contributed by atoms with Gasteiger partial charge in [-0.3, -0.25) is 4.79 Å². The SMILES string of the molecule is O=C(CNc1ccc(Cl)cc1)N/N=C\c1cccc(Br)c1. The summed E-state index contributed by atoms with van der Waals surface area (Å²) in [5.74, 6) is -0.226. The molecule has 0 aliphatic carbocycles. The van der Waals surface area contributed by atoms with Crippen molar-refractivity contribution in [2.75, 3.05) is 11.9 Å². The van der Waals surface area contributed by atoms with Gasteiger partial charge in [-0.1, -0.05) is 39.7 Å². The van der Waals surface area contributed by atoms with Crippen LogP contribution in [0.3, 0.4) is 0 Å². The van der Waals surface area contributed by atoms with E-state index in [2.05, 4.69) is 31.8 Å². The summed E-state index contributed by atoms with van der Waals surface area (Å²) < 4.78 is 0.960. The molecule has 0 fully saturated rings. The number of carbonyl (C=O) groups excluding carboxylic acids is 1. The van der Waals surface area contributed by atoms with Crippen molar-refractivity contribution in [1.82, 2.24) is 5.43 Å². The molecule has 0 saturated heterocycles. The quantitative estimate of drug-likeness (QED) is 0.627. The molecule has 0 bridgehead atoms. The Balaban J connectivity index is 1.78. The Labute approximate surface area is 136 Å².